The standard InChI is InChI=1S/C18H17FN2O3S2/c1-9-10(2)26-16-14(9)17(22)21(3)18(20-16)25-7-12-5-13(19)4-11-6-23-8-24-15(11)12/h4-5H,6-8H2,1-3H3. The van der Waals surface area contributed by atoms with E-state index < -0.39 is 0 Å². The van der Waals surface area contributed by atoms with Crippen LogP contribution in [0.1, 0.15) is 21.6 Å². The van der Waals surface area contributed by atoms with Crippen LogP contribution in [0, 0.1) is 19.7 Å². The van der Waals surface area contributed by atoms with E-state index >= 15 is 0 Å². The molecule has 0 atom stereocenters. The number of aromatic nitrogens is 2. The molecule has 0 N–H and O–H groups in total. The molecule has 0 saturated heterocycles. The van der Waals surface area contributed by atoms with E-state index in [9.17, 15) is 9.18 Å². The molecule has 8 heteroatoms. The first-order chi connectivity index (χ1) is 12.5. The Kier molecular flexibility index (Phi) is 4.50. The first-order valence-corrected chi connectivity index (χ1v) is 9.87. The third kappa shape index (κ3) is 2.91. The van der Waals surface area contributed by atoms with Crippen LogP contribution >= 0.6 is 23.1 Å². The molecule has 0 saturated carbocycles. The number of hydrogen-bond acceptors (Lipinski definition) is 6. The molecule has 0 aliphatic carbocycles. The van der Waals surface area contributed by atoms with Crippen LogP contribution in [-0.2, 0) is 24.1 Å². The van der Waals surface area contributed by atoms with Crippen molar-refractivity contribution in [1.29, 1.82) is 0 Å². The molecule has 3 heterocycles. The molecule has 3 aromatic rings. The number of nitrogens with zero attached hydrogens (tertiary/aromatic N) is 2. The highest BCUT2D eigenvalue weighted by Crippen LogP contribution is 2.34. The maximum absolute atomic E-state index is 13.9. The Morgan fingerprint density at radius 3 is 3.00 bits per heavy atom. The van der Waals surface area contributed by atoms with E-state index in [2.05, 4.69) is 4.98 Å². The molecule has 0 bridgehead atoms. The number of thiophene rings is 1. The van der Waals surface area contributed by atoms with Crippen molar-refractivity contribution < 1.29 is 13.9 Å². The Morgan fingerprint density at radius 2 is 2.19 bits per heavy atom. The average molecular weight is 392 g/mol. The molecule has 5 nitrogen and oxygen atoms in total. The highest BCUT2D eigenvalue weighted by molar-refractivity contribution is 7.98. The van der Waals surface area contributed by atoms with Crippen LogP contribution in [0.3, 0.4) is 0 Å². The first kappa shape index (κ1) is 17.5. The smallest absolute Gasteiger partial charge is 0.262 e. The van der Waals surface area contributed by atoms with Crippen LogP contribution in [-0.4, -0.2) is 16.3 Å². The molecule has 1 aliphatic rings. The van der Waals surface area contributed by atoms with E-state index in [1.807, 2.05) is 13.8 Å². The lowest BCUT2D eigenvalue weighted by Gasteiger charge is -2.20. The largest absolute Gasteiger partial charge is 0.467 e. The van der Waals surface area contributed by atoms with Gasteiger partial charge in [-0.25, -0.2) is 9.37 Å². The summed E-state index contributed by atoms with van der Waals surface area (Å²) in [5.74, 6) is 0.796. The quantitative estimate of drug-likeness (QED) is 0.500. The van der Waals surface area contributed by atoms with Crippen molar-refractivity contribution in [3.05, 3.63) is 49.9 Å². The summed E-state index contributed by atoms with van der Waals surface area (Å²) >= 11 is 2.92. The summed E-state index contributed by atoms with van der Waals surface area (Å²) < 4.78 is 26.2. The van der Waals surface area contributed by atoms with Crippen molar-refractivity contribution in [3.8, 4) is 5.75 Å². The Balaban J connectivity index is 1.70. The Labute approximate surface area is 157 Å². The van der Waals surface area contributed by atoms with Gasteiger partial charge < -0.3 is 9.47 Å². The molecular formula is C18H17FN2O3S2. The molecular weight excluding hydrogens is 375 g/mol. The normalized spacial score (nSPS) is 13.7. The van der Waals surface area contributed by atoms with Gasteiger partial charge in [0, 0.05) is 28.8 Å². The number of halogens is 1. The van der Waals surface area contributed by atoms with Crippen LogP contribution in [0.25, 0.3) is 10.2 Å². The van der Waals surface area contributed by atoms with Crippen LogP contribution in [0.4, 0.5) is 4.39 Å². The van der Waals surface area contributed by atoms with E-state index in [1.165, 1.54) is 35.2 Å². The number of ether oxygens (including phenoxy) is 2. The van der Waals surface area contributed by atoms with Crippen molar-refractivity contribution in [2.45, 2.75) is 31.4 Å². The molecule has 1 aromatic carbocycles. The SMILES string of the molecule is Cc1sc2nc(SCc3cc(F)cc4c3OCOC4)n(C)c(=O)c2c1C. The Hall–Kier alpha value is -1.90. The molecule has 0 fully saturated rings. The van der Waals surface area contributed by atoms with Gasteiger partial charge in [-0.3, -0.25) is 9.36 Å². The van der Waals surface area contributed by atoms with E-state index in [-0.39, 0.29) is 18.2 Å². The van der Waals surface area contributed by atoms with Crippen molar-refractivity contribution >= 4 is 33.3 Å². The molecule has 2 aromatic heterocycles. The van der Waals surface area contributed by atoms with E-state index in [1.54, 1.807) is 11.6 Å². The molecule has 4 rings (SSSR count). The van der Waals surface area contributed by atoms with Gasteiger partial charge in [0.25, 0.3) is 5.56 Å². The second-order valence-electron chi connectivity index (χ2n) is 6.17. The fourth-order valence-corrected chi connectivity index (χ4v) is 5.00. The topological polar surface area (TPSA) is 53.4 Å². The third-order valence-corrected chi connectivity index (χ3v) is 6.66. The Bertz CT molecular complexity index is 1070. The summed E-state index contributed by atoms with van der Waals surface area (Å²) in [6, 6.07) is 2.90. The molecule has 1 aliphatic heterocycles. The van der Waals surface area contributed by atoms with Gasteiger partial charge in [-0.1, -0.05) is 11.8 Å². The summed E-state index contributed by atoms with van der Waals surface area (Å²) in [5, 5.41) is 1.29. The van der Waals surface area contributed by atoms with E-state index in [0.29, 0.717) is 34.2 Å². The minimum Gasteiger partial charge on any atom is -0.467 e. The van der Waals surface area contributed by atoms with Gasteiger partial charge in [-0.05, 0) is 31.5 Å². The highest BCUT2D eigenvalue weighted by atomic mass is 32.2. The van der Waals surface area contributed by atoms with E-state index in [0.717, 1.165) is 20.8 Å². The summed E-state index contributed by atoms with van der Waals surface area (Å²) in [5.41, 5.74) is 2.38. The van der Waals surface area contributed by atoms with E-state index in [4.69, 9.17) is 9.47 Å². The van der Waals surface area contributed by atoms with Gasteiger partial charge in [0.15, 0.2) is 11.9 Å². The third-order valence-electron chi connectivity index (χ3n) is 4.48. The summed E-state index contributed by atoms with van der Waals surface area (Å²) in [6.07, 6.45) is 0. The van der Waals surface area contributed by atoms with Gasteiger partial charge in [-0.15, -0.1) is 11.3 Å². The predicted molar refractivity (Wildman–Crippen MR) is 101 cm³/mol. The minimum absolute atomic E-state index is 0.0507. The molecule has 136 valence electrons. The summed E-state index contributed by atoms with van der Waals surface area (Å²) in [7, 11) is 1.72. The average Bonchev–Trinajstić information content (AvgIpc) is 2.90. The van der Waals surface area contributed by atoms with Gasteiger partial charge in [0.05, 0.1) is 12.0 Å². The molecule has 0 unspecified atom stereocenters. The zero-order chi connectivity index (χ0) is 18.4. The van der Waals surface area contributed by atoms with Gasteiger partial charge in [0.1, 0.15) is 16.4 Å². The molecule has 0 radical (unpaired) electrons. The van der Waals surface area contributed by atoms with Crippen molar-refractivity contribution in [1.82, 2.24) is 9.55 Å². The van der Waals surface area contributed by atoms with Crippen LogP contribution in [0.2, 0.25) is 0 Å². The van der Waals surface area contributed by atoms with Crippen LogP contribution in [0.15, 0.2) is 22.1 Å². The molecule has 26 heavy (non-hydrogen) atoms. The van der Waals surface area contributed by atoms with Crippen molar-refractivity contribution in [2.75, 3.05) is 6.79 Å². The van der Waals surface area contributed by atoms with Gasteiger partial charge in [-0.2, -0.15) is 0 Å². The lowest BCUT2D eigenvalue weighted by atomic mass is 10.1. The van der Waals surface area contributed by atoms with Crippen LogP contribution < -0.4 is 10.3 Å². The highest BCUT2D eigenvalue weighted by Gasteiger charge is 2.19. The van der Waals surface area contributed by atoms with Crippen molar-refractivity contribution in [2.24, 2.45) is 7.05 Å². The lowest BCUT2D eigenvalue weighted by Crippen LogP contribution is -2.20. The van der Waals surface area contributed by atoms with Gasteiger partial charge in [0.2, 0.25) is 0 Å². The number of rotatable bonds is 3. The number of thioether (sulfide) groups is 1. The predicted octanol–water partition coefficient (Wildman–Crippen LogP) is 3.91. The Morgan fingerprint density at radius 1 is 1.38 bits per heavy atom. The van der Waals surface area contributed by atoms with Crippen LogP contribution in [0.5, 0.6) is 5.75 Å². The maximum Gasteiger partial charge on any atom is 0.262 e. The zero-order valence-corrected chi connectivity index (χ0v) is 16.2. The first-order valence-electron chi connectivity index (χ1n) is 8.07. The van der Waals surface area contributed by atoms with Crippen molar-refractivity contribution in [3.63, 3.8) is 0 Å². The monoisotopic (exact) mass is 392 g/mol. The fraction of sp³-hybridized carbons (Fsp3) is 0.333. The molecule has 0 spiro atoms. The fourth-order valence-electron chi connectivity index (χ4n) is 2.99. The molecule has 0 amide bonds. The maximum atomic E-state index is 13.9. The number of benzene rings is 1. The lowest BCUT2D eigenvalue weighted by molar-refractivity contribution is -0.0171. The minimum atomic E-state index is -0.324. The number of fused-ring (bicyclic) bond motifs is 2. The second kappa shape index (κ2) is 6.68. The summed E-state index contributed by atoms with van der Waals surface area (Å²) in [6.45, 7) is 4.43. The summed E-state index contributed by atoms with van der Waals surface area (Å²) in [4.78, 5) is 19.2. The zero-order valence-electron chi connectivity index (χ0n) is 14.6. The van der Waals surface area contributed by atoms with Gasteiger partial charge >= 0.3 is 0 Å². The second-order valence-corrected chi connectivity index (χ2v) is 8.32. The number of aryl methyl sites for hydroxylation is 2. The number of hydrogen-bond donors (Lipinski definition) is 0.